The Hall–Kier alpha value is -1.35. The highest BCUT2D eigenvalue weighted by atomic mass is 16.3. The molecule has 92 valence electrons. The van der Waals surface area contributed by atoms with Crippen LogP contribution >= 0.6 is 0 Å². The molecule has 1 amide bonds. The van der Waals surface area contributed by atoms with Gasteiger partial charge in [-0.2, -0.15) is 0 Å². The van der Waals surface area contributed by atoms with E-state index in [0.29, 0.717) is 13.0 Å². The third-order valence-electron chi connectivity index (χ3n) is 3.44. The third kappa shape index (κ3) is 2.50. The summed E-state index contributed by atoms with van der Waals surface area (Å²) in [7, 11) is 0. The van der Waals surface area contributed by atoms with E-state index in [1.165, 1.54) is 5.56 Å². The Morgan fingerprint density at radius 1 is 1.41 bits per heavy atom. The average molecular weight is 233 g/mol. The van der Waals surface area contributed by atoms with Gasteiger partial charge in [0.15, 0.2) is 0 Å². The first kappa shape index (κ1) is 12.1. The van der Waals surface area contributed by atoms with Crippen LogP contribution in [0, 0.1) is 5.92 Å². The van der Waals surface area contributed by atoms with E-state index in [1.54, 1.807) is 0 Å². The summed E-state index contributed by atoms with van der Waals surface area (Å²) in [6.07, 6.45) is 1.40. The lowest BCUT2D eigenvalue weighted by molar-refractivity contribution is -0.129. The molecule has 1 aliphatic rings. The molecule has 3 nitrogen and oxygen atoms in total. The molecule has 1 aromatic carbocycles. The Morgan fingerprint density at radius 2 is 2.12 bits per heavy atom. The summed E-state index contributed by atoms with van der Waals surface area (Å²) in [6.45, 7) is 2.88. The second kappa shape index (κ2) is 5.32. The van der Waals surface area contributed by atoms with E-state index in [9.17, 15) is 4.79 Å². The van der Waals surface area contributed by atoms with Gasteiger partial charge in [-0.15, -0.1) is 0 Å². The second-order valence-corrected chi connectivity index (χ2v) is 4.63. The van der Waals surface area contributed by atoms with Crippen LogP contribution in [0.15, 0.2) is 30.3 Å². The highest BCUT2D eigenvalue weighted by molar-refractivity contribution is 5.79. The molecule has 1 N–H and O–H groups in total. The van der Waals surface area contributed by atoms with Crippen molar-refractivity contribution in [2.24, 2.45) is 5.92 Å². The number of benzene rings is 1. The van der Waals surface area contributed by atoms with Gasteiger partial charge < -0.3 is 10.0 Å². The van der Waals surface area contributed by atoms with Crippen LogP contribution in [0.1, 0.15) is 31.4 Å². The number of amides is 1. The monoisotopic (exact) mass is 233 g/mol. The zero-order valence-corrected chi connectivity index (χ0v) is 10.2. The van der Waals surface area contributed by atoms with Crippen LogP contribution in [0.25, 0.3) is 0 Å². The van der Waals surface area contributed by atoms with Gasteiger partial charge in [0.25, 0.3) is 0 Å². The Labute approximate surface area is 102 Å². The summed E-state index contributed by atoms with van der Waals surface area (Å²) in [6, 6.07) is 10.3. The number of aliphatic hydroxyl groups excluding tert-OH is 1. The van der Waals surface area contributed by atoms with Crippen LogP contribution in [0.3, 0.4) is 0 Å². The Bertz CT molecular complexity index is 377. The zero-order valence-electron chi connectivity index (χ0n) is 10.2. The number of nitrogens with zero attached hydrogens (tertiary/aromatic N) is 1. The Kier molecular flexibility index (Phi) is 3.79. The van der Waals surface area contributed by atoms with Crippen molar-refractivity contribution in [3.8, 4) is 0 Å². The SMILES string of the molecule is CCC(c1ccccc1)N1CC(CO)CC1=O. The van der Waals surface area contributed by atoms with Gasteiger partial charge in [0.1, 0.15) is 0 Å². The predicted molar refractivity (Wildman–Crippen MR) is 66.4 cm³/mol. The minimum absolute atomic E-state index is 0.105. The first-order chi connectivity index (χ1) is 8.26. The van der Waals surface area contributed by atoms with Gasteiger partial charge >= 0.3 is 0 Å². The van der Waals surface area contributed by atoms with E-state index < -0.39 is 0 Å². The number of carbonyl (C=O) groups is 1. The number of hydrogen-bond acceptors (Lipinski definition) is 2. The van der Waals surface area contributed by atoms with Crippen molar-refractivity contribution in [3.05, 3.63) is 35.9 Å². The molecule has 1 fully saturated rings. The molecule has 2 atom stereocenters. The smallest absolute Gasteiger partial charge is 0.223 e. The van der Waals surface area contributed by atoms with Crippen molar-refractivity contribution in [2.75, 3.05) is 13.2 Å². The van der Waals surface area contributed by atoms with Crippen LogP contribution in [-0.2, 0) is 4.79 Å². The van der Waals surface area contributed by atoms with Crippen molar-refractivity contribution in [1.82, 2.24) is 4.90 Å². The van der Waals surface area contributed by atoms with Crippen molar-refractivity contribution in [3.63, 3.8) is 0 Å². The standard InChI is InChI=1S/C14H19NO2/c1-2-13(12-6-4-3-5-7-12)15-9-11(10-16)8-14(15)17/h3-7,11,13,16H,2,8-10H2,1H3. The largest absolute Gasteiger partial charge is 0.396 e. The minimum Gasteiger partial charge on any atom is -0.396 e. The first-order valence-electron chi connectivity index (χ1n) is 6.21. The van der Waals surface area contributed by atoms with E-state index in [1.807, 2.05) is 23.1 Å². The molecule has 0 radical (unpaired) electrons. The summed E-state index contributed by atoms with van der Waals surface area (Å²) in [5.74, 6) is 0.278. The van der Waals surface area contributed by atoms with Crippen LogP contribution in [0.4, 0.5) is 0 Å². The molecule has 3 heteroatoms. The van der Waals surface area contributed by atoms with Crippen LogP contribution in [-0.4, -0.2) is 29.1 Å². The predicted octanol–water partition coefficient (Wildman–Crippen LogP) is 1.98. The van der Waals surface area contributed by atoms with Crippen molar-refractivity contribution in [1.29, 1.82) is 0 Å². The van der Waals surface area contributed by atoms with E-state index in [0.717, 1.165) is 6.42 Å². The molecule has 0 aliphatic carbocycles. The lowest BCUT2D eigenvalue weighted by atomic mass is 10.0. The van der Waals surface area contributed by atoms with Crippen molar-refractivity contribution in [2.45, 2.75) is 25.8 Å². The lowest BCUT2D eigenvalue weighted by Gasteiger charge is -2.27. The molecule has 1 heterocycles. The molecule has 2 rings (SSSR count). The summed E-state index contributed by atoms with van der Waals surface area (Å²) in [4.78, 5) is 13.8. The number of aliphatic hydroxyl groups is 1. The molecule has 2 unspecified atom stereocenters. The topological polar surface area (TPSA) is 40.5 Å². The highest BCUT2D eigenvalue weighted by Gasteiger charge is 2.33. The van der Waals surface area contributed by atoms with Crippen molar-refractivity contribution >= 4 is 5.91 Å². The number of rotatable bonds is 4. The molecule has 1 aliphatic heterocycles. The molecular formula is C14H19NO2. The van der Waals surface area contributed by atoms with Crippen molar-refractivity contribution < 1.29 is 9.90 Å². The van der Waals surface area contributed by atoms with Crippen LogP contribution < -0.4 is 0 Å². The molecular weight excluding hydrogens is 214 g/mol. The van der Waals surface area contributed by atoms with Crippen LogP contribution in [0.5, 0.6) is 0 Å². The summed E-state index contributed by atoms with van der Waals surface area (Å²) in [5.41, 5.74) is 1.18. The number of hydrogen-bond donors (Lipinski definition) is 1. The minimum atomic E-state index is 0.105. The van der Waals surface area contributed by atoms with Gasteiger partial charge in [0.05, 0.1) is 6.04 Å². The summed E-state index contributed by atoms with van der Waals surface area (Å²) in [5, 5.41) is 9.15. The molecule has 1 saturated heterocycles. The molecule has 17 heavy (non-hydrogen) atoms. The van der Waals surface area contributed by atoms with Gasteiger partial charge in [-0.1, -0.05) is 37.3 Å². The fourth-order valence-electron chi connectivity index (χ4n) is 2.54. The van der Waals surface area contributed by atoms with Gasteiger partial charge in [-0.3, -0.25) is 4.79 Å². The fraction of sp³-hybridized carbons (Fsp3) is 0.500. The first-order valence-corrected chi connectivity index (χ1v) is 6.21. The van der Waals surface area contributed by atoms with Gasteiger partial charge in [0.2, 0.25) is 5.91 Å². The van der Waals surface area contributed by atoms with E-state index in [-0.39, 0.29) is 24.5 Å². The van der Waals surface area contributed by atoms with E-state index >= 15 is 0 Å². The zero-order chi connectivity index (χ0) is 12.3. The lowest BCUT2D eigenvalue weighted by Crippen LogP contribution is -2.30. The fourth-order valence-corrected chi connectivity index (χ4v) is 2.54. The molecule has 1 aromatic rings. The molecule has 0 saturated carbocycles. The normalized spacial score (nSPS) is 21.9. The molecule has 0 bridgehead atoms. The molecule has 0 aromatic heterocycles. The average Bonchev–Trinajstić information content (AvgIpc) is 2.73. The Balaban J connectivity index is 2.17. The van der Waals surface area contributed by atoms with E-state index in [4.69, 9.17) is 5.11 Å². The maximum Gasteiger partial charge on any atom is 0.223 e. The van der Waals surface area contributed by atoms with Gasteiger partial charge in [-0.05, 0) is 12.0 Å². The second-order valence-electron chi connectivity index (χ2n) is 4.63. The van der Waals surface area contributed by atoms with Crippen LogP contribution in [0.2, 0.25) is 0 Å². The molecule has 0 spiro atoms. The summed E-state index contributed by atoms with van der Waals surface area (Å²) < 4.78 is 0. The number of likely N-dealkylation sites (tertiary alicyclic amines) is 1. The third-order valence-corrected chi connectivity index (χ3v) is 3.44. The number of carbonyl (C=O) groups excluding carboxylic acids is 1. The quantitative estimate of drug-likeness (QED) is 0.864. The summed E-state index contributed by atoms with van der Waals surface area (Å²) >= 11 is 0. The highest BCUT2D eigenvalue weighted by Crippen LogP contribution is 2.30. The van der Waals surface area contributed by atoms with Gasteiger partial charge in [0, 0.05) is 25.5 Å². The maximum atomic E-state index is 11.9. The van der Waals surface area contributed by atoms with E-state index in [2.05, 4.69) is 19.1 Å². The van der Waals surface area contributed by atoms with Gasteiger partial charge in [-0.25, -0.2) is 0 Å². The maximum absolute atomic E-state index is 11.9. The Morgan fingerprint density at radius 3 is 2.65 bits per heavy atom.